The zero-order valence-corrected chi connectivity index (χ0v) is 19.0. The molecule has 9 nitrogen and oxygen atoms in total. The van der Waals surface area contributed by atoms with Crippen molar-refractivity contribution in [3.05, 3.63) is 72.4 Å². The summed E-state index contributed by atoms with van der Waals surface area (Å²) in [4.78, 5) is 42.7. The summed E-state index contributed by atoms with van der Waals surface area (Å²) in [6.07, 6.45) is 0.841. The van der Waals surface area contributed by atoms with E-state index >= 15 is 0 Å². The fraction of sp³-hybridized carbons (Fsp3) is 0.167. The van der Waals surface area contributed by atoms with Crippen LogP contribution in [0.15, 0.2) is 60.8 Å². The third-order valence-corrected chi connectivity index (χ3v) is 4.52. The average Bonchev–Trinajstić information content (AvgIpc) is 2.76. The van der Waals surface area contributed by atoms with Crippen LogP contribution in [0.1, 0.15) is 6.42 Å². The molecule has 3 amide bonds. The zero-order chi connectivity index (χ0) is 25.5. The highest BCUT2D eigenvalue weighted by atomic mass is 19.1. The number of carbonyl (C=O) groups excluding carboxylic acids is 3. The third-order valence-electron chi connectivity index (χ3n) is 4.52. The molecule has 182 valence electrons. The first-order chi connectivity index (χ1) is 16.6. The average molecular weight is 483 g/mol. The van der Waals surface area contributed by atoms with Crippen molar-refractivity contribution in [3.8, 4) is 11.5 Å². The normalized spacial score (nSPS) is 10.7. The van der Waals surface area contributed by atoms with Gasteiger partial charge in [0.25, 0.3) is 0 Å². The van der Waals surface area contributed by atoms with E-state index in [4.69, 9.17) is 10.5 Å². The molecule has 0 unspecified atom stereocenters. The summed E-state index contributed by atoms with van der Waals surface area (Å²) in [6, 6.07) is 12.1. The SMILES string of the molecule is CN(C)CC(=O)N(c1ccc(F)cc1)c1cc(Oc2ccc(NC(=O)CC(N)=O)c(F)c2)ccn1. The van der Waals surface area contributed by atoms with Gasteiger partial charge < -0.3 is 20.7 Å². The van der Waals surface area contributed by atoms with E-state index in [-0.39, 0.29) is 35.5 Å². The van der Waals surface area contributed by atoms with Gasteiger partial charge in [-0.15, -0.1) is 0 Å². The summed E-state index contributed by atoms with van der Waals surface area (Å²) < 4.78 is 33.6. The number of aromatic nitrogens is 1. The van der Waals surface area contributed by atoms with Crippen molar-refractivity contribution in [1.29, 1.82) is 0 Å². The summed E-state index contributed by atoms with van der Waals surface area (Å²) in [6.45, 7) is 0.0677. The lowest BCUT2D eigenvalue weighted by atomic mass is 10.2. The first kappa shape index (κ1) is 25.2. The highest BCUT2D eigenvalue weighted by Crippen LogP contribution is 2.30. The maximum atomic E-state index is 14.4. The molecule has 0 atom stereocenters. The second-order valence-corrected chi connectivity index (χ2v) is 7.73. The lowest BCUT2D eigenvalue weighted by Crippen LogP contribution is -2.35. The van der Waals surface area contributed by atoms with Gasteiger partial charge in [-0.3, -0.25) is 19.3 Å². The maximum Gasteiger partial charge on any atom is 0.246 e. The Kier molecular flexibility index (Phi) is 8.05. The first-order valence-electron chi connectivity index (χ1n) is 10.4. The Morgan fingerprint density at radius 2 is 1.69 bits per heavy atom. The van der Waals surface area contributed by atoms with Crippen LogP contribution in [0.4, 0.5) is 26.0 Å². The predicted octanol–water partition coefficient (Wildman–Crippen LogP) is 3.19. The zero-order valence-electron chi connectivity index (χ0n) is 19.0. The van der Waals surface area contributed by atoms with Crippen LogP contribution in [0.2, 0.25) is 0 Å². The topological polar surface area (TPSA) is 118 Å². The number of pyridine rings is 1. The summed E-state index contributed by atoms with van der Waals surface area (Å²) in [5.74, 6) is -2.55. The molecule has 0 aliphatic carbocycles. The Hall–Kier alpha value is -4.38. The van der Waals surface area contributed by atoms with E-state index in [9.17, 15) is 23.2 Å². The van der Waals surface area contributed by atoms with E-state index in [1.165, 1.54) is 59.6 Å². The van der Waals surface area contributed by atoms with Gasteiger partial charge in [0.15, 0.2) is 0 Å². The van der Waals surface area contributed by atoms with Crippen LogP contribution in [-0.2, 0) is 14.4 Å². The first-order valence-corrected chi connectivity index (χ1v) is 10.4. The molecule has 1 heterocycles. The van der Waals surface area contributed by atoms with Gasteiger partial charge in [0.2, 0.25) is 17.7 Å². The predicted molar refractivity (Wildman–Crippen MR) is 125 cm³/mol. The third kappa shape index (κ3) is 7.05. The molecule has 0 saturated heterocycles. The van der Waals surface area contributed by atoms with Crippen molar-refractivity contribution >= 4 is 34.9 Å². The Labute approximate surface area is 200 Å². The molecule has 11 heteroatoms. The summed E-state index contributed by atoms with van der Waals surface area (Å²) in [7, 11) is 3.48. The van der Waals surface area contributed by atoms with Crippen molar-refractivity contribution in [2.75, 3.05) is 30.9 Å². The number of nitrogens with one attached hydrogen (secondary N) is 1. The van der Waals surface area contributed by atoms with Gasteiger partial charge >= 0.3 is 0 Å². The molecule has 3 aromatic rings. The monoisotopic (exact) mass is 483 g/mol. The lowest BCUT2D eigenvalue weighted by molar-refractivity contribution is -0.125. The Morgan fingerprint density at radius 1 is 1.00 bits per heavy atom. The van der Waals surface area contributed by atoms with Crippen molar-refractivity contribution in [1.82, 2.24) is 9.88 Å². The maximum absolute atomic E-state index is 14.4. The minimum atomic E-state index is -0.838. The fourth-order valence-electron chi connectivity index (χ4n) is 3.07. The molecule has 0 aliphatic heterocycles. The van der Waals surface area contributed by atoms with Crippen LogP contribution in [0.25, 0.3) is 0 Å². The van der Waals surface area contributed by atoms with E-state index < -0.39 is 29.9 Å². The molecule has 0 bridgehead atoms. The van der Waals surface area contributed by atoms with Crippen LogP contribution in [0.5, 0.6) is 11.5 Å². The highest BCUT2D eigenvalue weighted by Gasteiger charge is 2.21. The largest absolute Gasteiger partial charge is 0.457 e. The molecule has 0 saturated carbocycles. The van der Waals surface area contributed by atoms with E-state index in [1.54, 1.807) is 19.0 Å². The molecule has 3 rings (SSSR count). The number of likely N-dealkylation sites (N-methyl/N-ethyl adjacent to an activating group) is 1. The second-order valence-electron chi connectivity index (χ2n) is 7.73. The van der Waals surface area contributed by atoms with Gasteiger partial charge in [0.05, 0.1) is 17.9 Å². The van der Waals surface area contributed by atoms with Crippen LogP contribution in [0, 0.1) is 11.6 Å². The van der Waals surface area contributed by atoms with Crippen LogP contribution < -0.4 is 20.7 Å². The molecular weight excluding hydrogens is 460 g/mol. The Bertz CT molecular complexity index is 1230. The van der Waals surface area contributed by atoms with E-state index in [0.29, 0.717) is 5.69 Å². The molecule has 3 N–H and O–H groups in total. The van der Waals surface area contributed by atoms with Crippen LogP contribution >= 0.6 is 0 Å². The molecule has 35 heavy (non-hydrogen) atoms. The fourth-order valence-corrected chi connectivity index (χ4v) is 3.07. The van der Waals surface area contributed by atoms with Crippen LogP contribution in [-0.4, -0.2) is 48.2 Å². The number of amides is 3. The Morgan fingerprint density at radius 3 is 2.31 bits per heavy atom. The van der Waals surface area contributed by atoms with Gasteiger partial charge in [-0.2, -0.15) is 0 Å². The number of rotatable bonds is 9. The number of nitrogens with zero attached hydrogens (tertiary/aromatic N) is 3. The highest BCUT2D eigenvalue weighted by molar-refractivity contribution is 6.03. The van der Waals surface area contributed by atoms with Gasteiger partial charge in [-0.25, -0.2) is 13.8 Å². The molecule has 0 spiro atoms. The number of nitrogens with two attached hydrogens (primary N) is 1. The van der Waals surface area contributed by atoms with Gasteiger partial charge in [-0.05, 0) is 56.6 Å². The van der Waals surface area contributed by atoms with Gasteiger partial charge in [0, 0.05) is 18.3 Å². The number of hydrogen-bond acceptors (Lipinski definition) is 6. The van der Waals surface area contributed by atoms with Crippen LogP contribution in [0.3, 0.4) is 0 Å². The molecule has 0 fully saturated rings. The summed E-state index contributed by atoms with van der Waals surface area (Å²) in [5.41, 5.74) is 5.22. The van der Waals surface area contributed by atoms with E-state index in [0.717, 1.165) is 6.07 Å². The van der Waals surface area contributed by atoms with Crippen molar-refractivity contribution in [2.45, 2.75) is 6.42 Å². The minimum Gasteiger partial charge on any atom is -0.457 e. The standard InChI is InChI=1S/C24H23F2N5O4/c1-30(2)14-24(34)31(16-5-3-15(25)4-6-16)22-12-18(9-10-28-22)35-17-7-8-20(19(26)11-17)29-23(33)13-21(27)32/h3-12H,13-14H2,1-2H3,(H2,27,32)(H,29,33). The molecule has 2 aromatic carbocycles. The second kappa shape index (κ2) is 11.2. The molecular formula is C24H23F2N5O4. The molecule has 0 aliphatic rings. The van der Waals surface area contributed by atoms with Crippen molar-refractivity contribution in [3.63, 3.8) is 0 Å². The number of carbonyl (C=O) groups is 3. The lowest BCUT2D eigenvalue weighted by Gasteiger charge is -2.24. The number of anilines is 3. The smallest absolute Gasteiger partial charge is 0.246 e. The van der Waals surface area contributed by atoms with Crippen molar-refractivity contribution < 1.29 is 27.9 Å². The Balaban J connectivity index is 1.84. The van der Waals surface area contributed by atoms with Crippen molar-refractivity contribution in [2.24, 2.45) is 5.73 Å². The number of hydrogen-bond donors (Lipinski definition) is 2. The number of primary amides is 1. The minimum absolute atomic E-state index is 0.0677. The van der Waals surface area contributed by atoms with Gasteiger partial charge in [0.1, 0.15) is 35.4 Å². The van der Waals surface area contributed by atoms with E-state index in [2.05, 4.69) is 10.3 Å². The number of ether oxygens (including phenoxy) is 1. The molecule has 0 radical (unpaired) electrons. The quantitative estimate of drug-likeness (QED) is 0.452. The summed E-state index contributed by atoms with van der Waals surface area (Å²) in [5, 5.41) is 2.25. The molecule has 1 aromatic heterocycles. The summed E-state index contributed by atoms with van der Waals surface area (Å²) >= 11 is 0. The number of halogens is 2. The van der Waals surface area contributed by atoms with E-state index in [1.807, 2.05) is 0 Å². The van der Waals surface area contributed by atoms with Gasteiger partial charge in [-0.1, -0.05) is 0 Å². The number of benzene rings is 2.